The Balaban J connectivity index is 2.03. The zero-order valence-corrected chi connectivity index (χ0v) is 11.8. The molecule has 0 radical (unpaired) electrons. The van der Waals surface area contributed by atoms with E-state index in [0.29, 0.717) is 27.4 Å². The highest BCUT2D eigenvalue weighted by Gasteiger charge is 2.10. The number of carbonyl (C=O) groups excluding carboxylic acids is 1. The maximum Gasteiger partial charge on any atom is 0.221 e. The normalized spacial score (nSPS) is 10.8. The molecule has 0 fully saturated rings. The number of benzene rings is 2. The minimum absolute atomic E-state index is 0.0346. The molecular formula is C14H11ClN4O2. The lowest BCUT2D eigenvalue weighted by atomic mass is 10.2. The van der Waals surface area contributed by atoms with Gasteiger partial charge in [0.2, 0.25) is 5.91 Å². The molecule has 0 spiro atoms. The molecule has 0 aliphatic heterocycles. The molecule has 0 unspecified atom stereocenters. The van der Waals surface area contributed by atoms with Crippen LogP contribution in [0.2, 0.25) is 5.02 Å². The third kappa shape index (κ3) is 2.66. The van der Waals surface area contributed by atoms with Gasteiger partial charge in [0.15, 0.2) is 0 Å². The van der Waals surface area contributed by atoms with Gasteiger partial charge in [0.25, 0.3) is 0 Å². The quantitative estimate of drug-likeness (QED) is 0.763. The summed E-state index contributed by atoms with van der Waals surface area (Å²) in [6, 6.07) is 9.91. The number of phenols is 1. The number of halogens is 1. The van der Waals surface area contributed by atoms with Crippen molar-refractivity contribution < 1.29 is 9.90 Å². The number of anilines is 1. The van der Waals surface area contributed by atoms with Crippen molar-refractivity contribution in [3.63, 3.8) is 0 Å². The fourth-order valence-corrected chi connectivity index (χ4v) is 2.14. The van der Waals surface area contributed by atoms with Gasteiger partial charge in [0.1, 0.15) is 22.5 Å². The lowest BCUT2D eigenvalue weighted by Gasteiger charge is -2.06. The van der Waals surface area contributed by atoms with Gasteiger partial charge in [-0.15, -0.1) is 15.0 Å². The van der Waals surface area contributed by atoms with E-state index in [9.17, 15) is 9.90 Å². The second-order valence-electron chi connectivity index (χ2n) is 4.51. The van der Waals surface area contributed by atoms with Crippen LogP contribution in [0.5, 0.6) is 5.75 Å². The van der Waals surface area contributed by atoms with Crippen LogP contribution in [0.3, 0.4) is 0 Å². The molecule has 1 aromatic heterocycles. The predicted molar refractivity (Wildman–Crippen MR) is 79.8 cm³/mol. The van der Waals surface area contributed by atoms with E-state index in [0.717, 1.165) is 0 Å². The molecule has 7 heteroatoms. The number of phenolic OH excluding ortho intramolecular Hbond substituents is 1. The smallest absolute Gasteiger partial charge is 0.221 e. The van der Waals surface area contributed by atoms with Crippen LogP contribution in [-0.4, -0.2) is 26.0 Å². The Kier molecular flexibility index (Phi) is 3.23. The zero-order chi connectivity index (χ0) is 15.0. The first-order valence-electron chi connectivity index (χ1n) is 6.16. The minimum atomic E-state index is -0.209. The first-order chi connectivity index (χ1) is 10.0. The number of nitrogens with zero attached hydrogens (tertiary/aromatic N) is 3. The summed E-state index contributed by atoms with van der Waals surface area (Å²) in [5.41, 5.74) is 2.22. The topological polar surface area (TPSA) is 80.0 Å². The molecule has 1 heterocycles. The van der Waals surface area contributed by atoms with Gasteiger partial charge in [0.05, 0.1) is 0 Å². The van der Waals surface area contributed by atoms with Gasteiger partial charge in [0, 0.05) is 23.7 Å². The number of carbonyl (C=O) groups is 1. The Hall–Kier alpha value is -2.60. The van der Waals surface area contributed by atoms with Crippen LogP contribution in [0.1, 0.15) is 6.92 Å². The average molecular weight is 303 g/mol. The number of rotatable bonds is 2. The van der Waals surface area contributed by atoms with Gasteiger partial charge >= 0.3 is 0 Å². The highest BCUT2D eigenvalue weighted by molar-refractivity contribution is 6.31. The fourth-order valence-electron chi connectivity index (χ4n) is 1.97. The largest absolute Gasteiger partial charge is 0.506 e. The molecule has 0 aliphatic carbocycles. The maximum atomic E-state index is 11.0. The van der Waals surface area contributed by atoms with Crippen molar-refractivity contribution in [1.82, 2.24) is 15.0 Å². The lowest BCUT2D eigenvalue weighted by molar-refractivity contribution is -0.114. The van der Waals surface area contributed by atoms with Gasteiger partial charge in [-0.2, -0.15) is 0 Å². The molecule has 0 aliphatic rings. The molecule has 1 amide bonds. The van der Waals surface area contributed by atoms with Crippen molar-refractivity contribution in [2.24, 2.45) is 0 Å². The SMILES string of the molecule is CC(=O)Nc1ccc(-n2nc3ccc(Cl)cc3n2)c(O)c1. The van der Waals surface area contributed by atoms with Crippen molar-refractivity contribution >= 4 is 34.2 Å². The van der Waals surface area contributed by atoms with Gasteiger partial charge in [-0.1, -0.05) is 11.6 Å². The Bertz CT molecular complexity index is 844. The van der Waals surface area contributed by atoms with Crippen molar-refractivity contribution in [1.29, 1.82) is 0 Å². The third-order valence-corrected chi connectivity index (χ3v) is 3.09. The summed E-state index contributed by atoms with van der Waals surface area (Å²) >= 11 is 5.91. The second kappa shape index (κ2) is 5.06. The van der Waals surface area contributed by atoms with Crippen LogP contribution in [0.25, 0.3) is 16.7 Å². The van der Waals surface area contributed by atoms with E-state index in [1.807, 2.05) is 0 Å². The highest BCUT2D eigenvalue weighted by atomic mass is 35.5. The van der Waals surface area contributed by atoms with E-state index >= 15 is 0 Å². The summed E-state index contributed by atoms with van der Waals surface area (Å²) in [4.78, 5) is 12.3. The van der Waals surface area contributed by atoms with E-state index in [2.05, 4.69) is 15.5 Å². The molecule has 2 N–H and O–H groups in total. The van der Waals surface area contributed by atoms with Gasteiger partial charge < -0.3 is 10.4 Å². The van der Waals surface area contributed by atoms with Crippen LogP contribution >= 0.6 is 11.6 Å². The molecule has 0 saturated carbocycles. The number of aromatic hydroxyl groups is 1. The highest BCUT2D eigenvalue weighted by Crippen LogP contribution is 2.26. The Morgan fingerprint density at radius 3 is 2.67 bits per heavy atom. The maximum absolute atomic E-state index is 11.0. The molecule has 0 bridgehead atoms. The molecule has 2 aromatic carbocycles. The van der Waals surface area contributed by atoms with E-state index in [1.165, 1.54) is 17.8 Å². The van der Waals surface area contributed by atoms with Gasteiger partial charge in [-0.05, 0) is 30.3 Å². The van der Waals surface area contributed by atoms with E-state index in [4.69, 9.17) is 11.6 Å². The third-order valence-electron chi connectivity index (χ3n) is 2.85. The Labute approximate surface area is 125 Å². The van der Waals surface area contributed by atoms with Crippen LogP contribution in [0.15, 0.2) is 36.4 Å². The van der Waals surface area contributed by atoms with Gasteiger partial charge in [-0.3, -0.25) is 4.79 Å². The summed E-state index contributed by atoms with van der Waals surface area (Å²) in [7, 11) is 0. The van der Waals surface area contributed by atoms with Crippen LogP contribution in [0, 0.1) is 0 Å². The summed E-state index contributed by atoms with van der Waals surface area (Å²) < 4.78 is 0. The molecule has 6 nitrogen and oxygen atoms in total. The van der Waals surface area contributed by atoms with E-state index in [1.54, 1.807) is 30.3 Å². The number of amides is 1. The summed E-state index contributed by atoms with van der Waals surface area (Å²) in [5.74, 6) is -0.243. The zero-order valence-electron chi connectivity index (χ0n) is 11.0. The lowest BCUT2D eigenvalue weighted by Crippen LogP contribution is -2.06. The molecule has 106 valence electrons. The first-order valence-corrected chi connectivity index (χ1v) is 6.54. The Morgan fingerprint density at radius 2 is 1.95 bits per heavy atom. The average Bonchev–Trinajstić information content (AvgIpc) is 2.80. The second-order valence-corrected chi connectivity index (χ2v) is 4.94. The molecule has 0 atom stereocenters. The fraction of sp³-hybridized carbons (Fsp3) is 0.0714. The Morgan fingerprint density at radius 1 is 1.19 bits per heavy atom. The molecule has 3 rings (SSSR count). The first kappa shape index (κ1) is 13.4. The predicted octanol–water partition coefficient (Wildman–Crippen LogP) is 2.74. The van der Waals surface area contributed by atoms with E-state index < -0.39 is 0 Å². The molecule has 3 aromatic rings. The van der Waals surface area contributed by atoms with Gasteiger partial charge in [-0.25, -0.2) is 0 Å². The van der Waals surface area contributed by atoms with E-state index in [-0.39, 0.29) is 11.7 Å². The van der Waals surface area contributed by atoms with Crippen molar-refractivity contribution in [2.45, 2.75) is 6.92 Å². The molecule has 0 saturated heterocycles. The van der Waals surface area contributed by atoms with Crippen molar-refractivity contribution in [2.75, 3.05) is 5.32 Å². The summed E-state index contributed by atoms with van der Waals surface area (Å²) in [6.45, 7) is 1.40. The number of aromatic nitrogens is 3. The number of hydrogen-bond donors (Lipinski definition) is 2. The molecule has 21 heavy (non-hydrogen) atoms. The summed E-state index contributed by atoms with van der Waals surface area (Å²) in [5, 5.41) is 21.8. The molecular weight excluding hydrogens is 292 g/mol. The monoisotopic (exact) mass is 302 g/mol. The number of fused-ring (bicyclic) bond motifs is 1. The van der Waals surface area contributed by atoms with Crippen molar-refractivity contribution in [3.8, 4) is 11.4 Å². The standard InChI is InChI=1S/C14H11ClN4O2/c1-8(20)16-10-3-5-13(14(21)7-10)19-17-11-4-2-9(15)6-12(11)18-19/h2-7,21H,1H3,(H,16,20). The summed E-state index contributed by atoms with van der Waals surface area (Å²) in [6.07, 6.45) is 0. The number of hydrogen-bond acceptors (Lipinski definition) is 4. The number of nitrogens with one attached hydrogen (secondary N) is 1. The van der Waals surface area contributed by atoms with Crippen molar-refractivity contribution in [3.05, 3.63) is 41.4 Å². The van der Waals surface area contributed by atoms with Crippen LogP contribution in [-0.2, 0) is 4.79 Å². The van der Waals surface area contributed by atoms with Crippen LogP contribution < -0.4 is 5.32 Å². The van der Waals surface area contributed by atoms with Crippen LogP contribution in [0.4, 0.5) is 5.69 Å². The minimum Gasteiger partial charge on any atom is -0.506 e.